The van der Waals surface area contributed by atoms with Crippen molar-refractivity contribution in [2.24, 2.45) is 0 Å². The Morgan fingerprint density at radius 3 is 2.90 bits per heavy atom. The number of hydrogen-bond acceptors (Lipinski definition) is 6. The lowest BCUT2D eigenvalue weighted by molar-refractivity contribution is -0.387. The van der Waals surface area contributed by atoms with Crippen LogP contribution in [0.1, 0.15) is 38.4 Å². The Balaban J connectivity index is 2.31. The van der Waals surface area contributed by atoms with E-state index in [1.165, 1.54) is 12.3 Å². The molecule has 2 N–H and O–H groups in total. The first-order valence-corrected chi connectivity index (χ1v) is 6.54. The Kier molecular flexibility index (Phi) is 4.03. The highest BCUT2D eigenvalue weighted by atomic mass is 16.6. The van der Waals surface area contributed by atoms with Crippen LogP contribution in [0.4, 0.5) is 5.69 Å². The van der Waals surface area contributed by atoms with Crippen LogP contribution in [0.3, 0.4) is 0 Å². The van der Waals surface area contributed by atoms with E-state index in [0.29, 0.717) is 12.0 Å². The summed E-state index contributed by atoms with van der Waals surface area (Å²) in [5.74, 6) is 0. The lowest BCUT2D eigenvalue weighted by atomic mass is 9.81. The fourth-order valence-electron chi connectivity index (χ4n) is 2.64. The van der Waals surface area contributed by atoms with E-state index in [1.807, 2.05) is 0 Å². The van der Waals surface area contributed by atoms with Crippen molar-refractivity contribution in [2.75, 3.05) is 0 Å². The van der Waals surface area contributed by atoms with Crippen LogP contribution in [0.15, 0.2) is 18.5 Å². The van der Waals surface area contributed by atoms with Crippen LogP contribution in [0.5, 0.6) is 0 Å². The quantitative estimate of drug-likeness (QED) is 0.640. The minimum absolute atomic E-state index is 0.111. The Bertz CT molecular complexity index is 495. The number of nitrogens with zero attached hydrogens (tertiary/aromatic N) is 2. The first-order valence-electron chi connectivity index (χ1n) is 6.54. The molecule has 1 aromatic heterocycles. The molecule has 4 unspecified atom stereocenters. The van der Waals surface area contributed by atoms with E-state index < -0.39 is 28.8 Å². The number of hydrogen-bond donors (Lipinski definition) is 2. The van der Waals surface area contributed by atoms with Gasteiger partial charge in [0.1, 0.15) is 11.8 Å². The van der Waals surface area contributed by atoms with E-state index in [2.05, 4.69) is 4.98 Å². The molecule has 7 nitrogen and oxygen atoms in total. The third kappa shape index (κ3) is 2.39. The van der Waals surface area contributed by atoms with Crippen LogP contribution in [-0.2, 0) is 4.74 Å². The predicted octanol–water partition coefficient (Wildman–Crippen LogP) is 1.34. The third-order valence-corrected chi connectivity index (χ3v) is 4.03. The molecule has 2 heterocycles. The largest absolute Gasteiger partial charge is 0.390 e. The number of ether oxygens (including phenoxy) is 1. The maximum absolute atomic E-state index is 11.0. The van der Waals surface area contributed by atoms with E-state index in [1.54, 1.807) is 13.8 Å². The van der Waals surface area contributed by atoms with Gasteiger partial charge in [0.15, 0.2) is 0 Å². The van der Waals surface area contributed by atoms with Gasteiger partial charge in [-0.1, -0.05) is 6.92 Å². The Hall–Kier alpha value is -1.57. The monoisotopic (exact) mass is 282 g/mol. The molecule has 1 aliphatic rings. The van der Waals surface area contributed by atoms with Gasteiger partial charge in [0, 0.05) is 12.6 Å². The second kappa shape index (κ2) is 5.43. The smallest absolute Gasteiger partial charge is 0.293 e. The molecule has 0 spiro atoms. The third-order valence-electron chi connectivity index (χ3n) is 4.03. The zero-order chi connectivity index (χ0) is 14.9. The van der Waals surface area contributed by atoms with Crippen molar-refractivity contribution in [3.63, 3.8) is 0 Å². The van der Waals surface area contributed by atoms with E-state index in [9.17, 15) is 20.3 Å². The summed E-state index contributed by atoms with van der Waals surface area (Å²) >= 11 is 0. The van der Waals surface area contributed by atoms with Crippen molar-refractivity contribution in [1.82, 2.24) is 4.98 Å². The first kappa shape index (κ1) is 14.8. The second-order valence-corrected chi connectivity index (χ2v) is 5.05. The highest BCUT2D eigenvalue weighted by Gasteiger charge is 2.47. The molecule has 1 aliphatic heterocycles. The molecule has 1 saturated heterocycles. The fourth-order valence-corrected chi connectivity index (χ4v) is 2.64. The van der Waals surface area contributed by atoms with Crippen molar-refractivity contribution < 1.29 is 19.9 Å². The summed E-state index contributed by atoms with van der Waals surface area (Å²) in [5, 5.41) is 31.5. The van der Waals surface area contributed by atoms with Gasteiger partial charge in [-0.3, -0.25) is 15.1 Å². The molecule has 0 aliphatic carbocycles. The van der Waals surface area contributed by atoms with Gasteiger partial charge in [-0.05, 0) is 19.4 Å². The van der Waals surface area contributed by atoms with Crippen molar-refractivity contribution in [3.8, 4) is 0 Å². The van der Waals surface area contributed by atoms with Gasteiger partial charge < -0.3 is 14.9 Å². The van der Waals surface area contributed by atoms with E-state index >= 15 is 0 Å². The number of aliphatic hydroxyl groups is 2. The van der Waals surface area contributed by atoms with Crippen LogP contribution in [0, 0.1) is 10.1 Å². The molecule has 0 radical (unpaired) electrons. The molecule has 2 rings (SSSR count). The Morgan fingerprint density at radius 1 is 1.65 bits per heavy atom. The van der Waals surface area contributed by atoms with Gasteiger partial charge in [-0.15, -0.1) is 0 Å². The number of nitro groups is 1. The molecule has 7 heteroatoms. The summed E-state index contributed by atoms with van der Waals surface area (Å²) in [7, 11) is 0. The van der Waals surface area contributed by atoms with E-state index in [-0.39, 0.29) is 12.1 Å². The van der Waals surface area contributed by atoms with Gasteiger partial charge in [-0.25, -0.2) is 0 Å². The van der Waals surface area contributed by atoms with Gasteiger partial charge in [0.2, 0.25) is 0 Å². The van der Waals surface area contributed by atoms with Crippen LogP contribution in [-0.4, -0.2) is 37.9 Å². The average molecular weight is 282 g/mol. The molecular formula is C13H18N2O5. The molecule has 1 fully saturated rings. The molecule has 0 amide bonds. The summed E-state index contributed by atoms with van der Waals surface area (Å²) in [4.78, 5) is 14.2. The standard InChI is InChI=1S/C13H18N2O5/c1-3-13(17)8(2)20-11(6-12(13)16)9-4-5-14-7-10(9)15(18)19/h4-5,7-8,11-12,16-17H,3,6H2,1-2H3. The summed E-state index contributed by atoms with van der Waals surface area (Å²) < 4.78 is 5.70. The highest BCUT2D eigenvalue weighted by Crippen LogP contribution is 2.40. The summed E-state index contributed by atoms with van der Waals surface area (Å²) in [6.45, 7) is 3.42. The molecule has 0 aromatic carbocycles. The maximum atomic E-state index is 11.0. The summed E-state index contributed by atoms with van der Waals surface area (Å²) in [6.07, 6.45) is 0.831. The number of aromatic nitrogens is 1. The minimum atomic E-state index is -1.32. The molecule has 0 bridgehead atoms. The van der Waals surface area contributed by atoms with Crippen LogP contribution < -0.4 is 0 Å². The fraction of sp³-hybridized carbons (Fsp3) is 0.615. The first-order chi connectivity index (χ1) is 9.40. The molecule has 110 valence electrons. The topological polar surface area (TPSA) is 106 Å². The van der Waals surface area contributed by atoms with Crippen LogP contribution >= 0.6 is 0 Å². The maximum Gasteiger partial charge on any atom is 0.293 e. The molecule has 4 atom stereocenters. The van der Waals surface area contributed by atoms with Gasteiger partial charge in [0.25, 0.3) is 5.69 Å². The lowest BCUT2D eigenvalue weighted by Gasteiger charge is -2.44. The number of pyridine rings is 1. The predicted molar refractivity (Wildman–Crippen MR) is 70.0 cm³/mol. The Labute approximate surface area is 116 Å². The lowest BCUT2D eigenvalue weighted by Crippen LogP contribution is -2.55. The van der Waals surface area contributed by atoms with Gasteiger partial charge in [-0.2, -0.15) is 0 Å². The SMILES string of the molecule is CCC1(O)C(O)CC(c2ccncc2[N+](=O)[O-])OC1C. The van der Waals surface area contributed by atoms with E-state index in [0.717, 1.165) is 6.20 Å². The molecular weight excluding hydrogens is 264 g/mol. The summed E-state index contributed by atoms with van der Waals surface area (Å²) in [6, 6.07) is 1.51. The van der Waals surface area contributed by atoms with E-state index in [4.69, 9.17) is 4.74 Å². The van der Waals surface area contributed by atoms with Crippen molar-refractivity contribution in [2.45, 2.75) is 50.6 Å². The summed E-state index contributed by atoms with van der Waals surface area (Å²) in [5.41, 5.74) is -1.09. The Morgan fingerprint density at radius 2 is 2.35 bits per heavy atom. The molecule has 1 aromatic rings. The zero-order valence-corrected chi connectivity index (χ0v) is 11.4. The van der Waals surface area contributed by atoms with Gasteiger partial charge >= 0.3 is 0 Å². The van der Waals surface area contributed by atoms with Crippen molar-refractivity contribution in [1.29, 1.82) is 0 Å². The van der Waals surface area contributed by atoms with Crippen LogP contribution in [0.25, 0.3) is 0 Å². The zero-order valence-electron chi connectivity index (χ0n) is 11.4. The van der Waals surface area contributed by atoms with Crippen molar-refractivity contribution >= 4 is 5.69 Å². The number of rotatable bonds is 3. The minimum Gasteiger partial charge on any atom is -0.390 e. The molecule has 0 saturated carbocycles. The van der Waals surface area contributed by atoms with Gasteiger partial charge in [0.05, 0.1) is 28.8 Å². The normalized spacial score (nSPS) is 33.9. The second-order valence-electron chi connectivity index (χ2n) is 5.05. The average Bonchev–Trinajstić information content (AvgIpc) is 2.44. The number of aliphatic hydroxyl groups excluding tert-OH is 1. The molecule has 20 heavy (non-hydrogen) atoms. The van der Waals surface area contributed by atoms with Crippen LogP contribution in [0.2, 0.25) is 0 Å². The highest BCUT2D eigenvalue weighted by molar-refractivity contribution is 5.39. The van der Waals surface area contributed by atoms with Crippen molar-refractivity contribution in [3.05, 3.63) is 34.1 Å².